The van der Waals surface area contributed by atoms with Crippen LogP contribution in [0.3, 0.4) is 0 Å². The Balaban J connectivity index is 1.68. The Morgan fingerprint density at radius 3 is 2.73 bits per heavy atom. The lowest BCUT2D eigenvalue weighted by Crippen LogP contribution is -2.20. The molecule has 2 atom stereocenters. The molecule has 4 rings (SSSR count). The first-order chi connectivity index (χ1) is 15.8. The van der Waals surface area contributed by atoms with Gasteiger partial charge in [-0.2, -0.15) is 18.2 Å². The van der Waals surface area contributed by atoms with Gasteiger partial charge in [0.2, 0.25) is 5.95 Å². The summed E-state index contributed by atoms with van der Waals surface area (Å²) in [6.07, 6.45) is -0.175. The van der Waals surface area contributed by atoms with Gasteiger partial charge in [-0.05, 0) is 50.7 Å². The first-order valence-electron chi connectivity index (χ1n) is 11.2. The van der Waals surface area contributed by atoms with Gasteiger partial charge >= 0.3 is 6.18 Å². The average molecular weight is 464 g/mol. The molecule has 0 bridgehead atoms. The van der Waals surface area contributed by atoms with Crippen LogP contribution in [0.5, 0.6) is 0 Å². The molecule has 7 nitrogen and oxygen atoms in total. The van der Waals surface area contributed by atoms with Gasteiger partial charge in [-0.3, -0.25) is 4.98 Å². The molecule has 0 radical (unpaired) electrons. The predicted molar refractivity (Wildman–Crippen MR) is 120 cm³/mol. The molecule has 178 valence electrons. The van der Waals surface area contributed by atoms with E-state index >= 15 is 0 Å². The van der Waals surface area contributed by atoms with Crippen LogP contribution in [0.25, 0.3) is 22.3 Å². The van der Waals surface area contributed by atoms with E-state index in [1.54, 1.807) is 13.1 Å². The summed E-state index contributed by atoms with van der Waals surface area (Å²) in [5.74, 6) is 1.43. The molecule has 0 aromatic carbocycles. The van der Waals surface area contributed by atoms with E-state index in [2.05, 4.69) is 25.6 Å². The zero-order valence-electron chi connectivity index (χ0n) is 18.7. The highest BCUT2D eigenvalue weighted by atomic mass is 19.4. The number of nitrogens with zero attached hydrogens (tertiary/aromatic N) is 3. The van der Waals surface area contributed by atoms with E-state index in [0.717, 1.165) is 36.8 Å². The van der Waals surface area contributed by atoms with Crippen molar-refractivity contribution in [2.45, 2.75) is 58.2 Å². The molecule has 1 aliphatic rings. The molecule has 10 heteroatoms. The van der Waals surface area contributed by atoms with E-state index < -0.39 is 12.6 Å². The lowest BCUT2D eigenvalue weighted by atomic mass is 10.1. The summed E-state index contributed by atoms with van der Waals surface area (Å²) in [6.45, 7) is 3.63. The van der Waals surface area contributed by atoms with Crippen LogP contribution in [-0.4, -0.2) is 45.4 Å². The number of rotatable bonds is 8. The second kappa shape index (κ2) is 9.54. The van der Waals surface area contributed by atoms with Crippen LogP contribution < -0.4 is 10.6 Å². The number of aliphatic hydroxyl groups is 1. The van der Waals surface area contributed by atoms with Crippen LogP contribution in [-0.2, 0) is 6.42 Å². The lowest BCUT2D eigenvalue weighted by molar-refractivity contribution is -0.131. The summed E-state index contributed by atoms with van der Waals surface area (Å²) in [5, 5.41) is 16.5. The van der Waals surface area contributed by atoms with E-state index in [-0.39, 0.29) is 31.1 Å². The molecule has 1 fully saturated rings. The van der Waals surface area contributed by atoms with Crippen LogP contribution in [0.2, 0.25) is 0 Å². The van der Waals surface area contributed by atoms with Crippen molar-refractivity contribution in [3.8, 4) is 11.3 Å². The third-order valence-corrected chi connectivity index (χ3v) is 5.99. The predicted octanol–water partition coefficient (Wildman–Crippen LogP) is 5.09. The number of alkyl halides is 3. The Labute approximate surface area is 189 Å². The van der Waals surface area contributed by atoms with Crippen LogP contribution in [0, 0.1) is 12.8 Å². The van der Waals surface area contributed by atoms with Crippen molar-refractivity contribution in [3.05, 3.63) is 29.7 Å². The molecule has 3 N–H and O–H groups in total. The topological polar surface area (TPSA) is 96.1 Å². The number of halogens is 3. The molecule has 3 heterocycles. The molecule has 3 aromatic heterocycles. The van der Waals surface area contributed by atoms with Gasteiger partial charge in [0.25, 0.3) is 0 Å². The van der Waals surface area contributed by atoms with Gasteiger partial charge in [0.1, 0.15) is 11.6 Å². The monoisotopic (exact) mass is 463 g/mol. The Morgan fingerprint density at radius 1 is 1.21 bits per heavy atom. The van der Waals surface area contributed by atoms with Crippen LogP contribution in [0.15, 0.2) is 22.7 Å². The standard InChI is InChI=1S/C23H28F3N5O2/c1-3-16-9-15-10-18(33-19(15)11-28-16)20-13(2)29-22(27-7-6-23(24,25)26)31-21(20)30-17-5-4-14(8-17)12-32/h9-11,14,17,32H,3-8,12H2,1-2H3,(H2,27,29,30,31)/t14-,17+/m1/s1. The fraction of sp³-hybridized carbons (Fsp3) is 0.522. The van der Waals surface area contributed by atoms with Crippen molar-refractivity contribution >= 4 is 22.7 Å². The molecular formula is C23H28F3N5O2. The highest BCUT2D eigenvalue weighted by molar-refractivity contribution is 5.86. The van der Waals surface area contributed by atoms with Gasteiger partial charge in [0.05, 0.1) is 23.9 Å². The Bertz CT molecular complexity index is 1120. The van der Waals surface area contributed by atoms with Gasteiger partial charge in [-0.25, -0.2) is 4.98 Å². The van der Waals surface area contributed by atoms with Crippen LogP contribution in [0.4, 0.5) is 24.9 Å². The number of pyridine rings is 1. The number of nitrogens with one attached hydrogen (secondary N) is 2. The van der Waals surface area contributed by atoms with E-state index in [1.165, 1.54) is 0 Å². The summed E-state index contributed by atoms with van der Waals surface area (Å²) >= 11 is 0. The van der Waals surface area contributed by atoms with Crippen molar-refractivity contribution in [3.63, 3.8) is 0 Å². The maximum absolute atomic E-state index is 12.6. The minimum Gasteiger partial charge on any atom is -0.454 e. The van der Waals surface area contributed by atoms with Crippen molar-refractivity contribution in [2.75, 3.05) is 23.8 Å². The largest absolute Gasteiger partial charge is 0.454 e. The van der Waals surface area contributed by atoms with Gasteiger partial charge in [-0.15, -0.1) is 0 Å². The number of furan rings is 1. The SMILES string of the molecule is CCc1cc2cc(-c3c(C)nc(NCCC(F)(F)F)nc3N[C@H]3CC[C@@H](CO)C3)oc2cn1. The van der Waals surface area contributed by atoms with Crippen LogP contribution >= 0.6 is 0 Å². The molecule has 0 unspecified atom stereocenters. The van der Waals surface area contributed by atoms with Crippen LogP contribution in [0.1, 0.15) is 44.0 Å². The molecule has 3 aromatic rings. The van der Waals surface area contributed by atoms with E-state index in [0.29, 0.717) is 28.4 Å². The summed E-state index contributed by atoms with van der Waals surface area (Å²) in [7, 11) is 0. The molecule has 1 saturated carbocycles. The fourth-order valence-corrected chi connectivity index (χ4v) is 4.24. The maximum Gasteiger partial charge on any atom is 0.390 e. The van der Waals surface area contributed by atoms with E-state index in [9.17, 15) is 18.3 Å². The normalized spacial score (nSPS) is 18.7. The van der Waals surface area contributed by atoms with Gasteiger partial charge in [-0.1, -0.05) is 6.92 Å². The quantitative estimate of drug-likeness (QED) is 0.428. The lowest BCUT2D eigenvalue weighted by Gasteiger charge is -2.18. The fourth-order valence-electron chi connectivity index (χ4n) is 4.24. The number of aromatic nitrogens is 3. The number of anilines is 2. The molecule has 0 spiro atoms. The Kier molecular flexibility index (Phi) is 6.73. The van der Waals surface area contributed by atoms with E-state index in [1.807, 2.05) is 19.1 Å². The third-order valence-electron chi connectivity index (χ3n) is 5.99. The number of aryl methyl sites for hydroxylation is 2. The van der Waals surface area contributed by atoms with Crippen molar-refractivity contribution in [1.82, 2.24) is 15.0 Å². The van der Waals surface area contributed by atoms with Gasteiger partial charge in [0, 0.05) is 30.3 Å². The smallest absolute Gasteiger partial charge is 0.390 e. The zero-order valence-corrected chi connectivity index (χ0v) is 18.7. The number of hydrogen-bond acceptors (Lipinski definition) is 7. The summed E-state index contributed by atoms with van der Waals surface area (Å²) in [5.41, 5.74) is 2.84. The first-order valence-corrected chi connectivity index (χ1v) is 11.2. The molecule has 1 aliphatic carbocycles. The highest BCUT2D eigenvalue weighted by Crippen LogP contribution is 2.37. The molecule has 0 aliphatic heterocycles. The summed E-state index contributed by atoms with van der Waals surface area (Å²) in [6, 6.07) is 3.98. The number of hydrogen-bond donors (Lipinski definition) is 3. The summed E-state index contributed by atoms with van der Waals surface area (Å²) < 4.78 is 43.8. The number of fused-ring (bicyclic) bond motifs is 1. The van der Waals surface area contributed by atoms with Crippen molar-refractivity contribution in [2.24, 2.45) is 5.92 Å². The molecule has 0 saturated heterocycles. The second-order valence-corrected chi connectivity index (χ2v) is 8.53. The minimum atomic E-state index is -4.26. The van der Waals surface area contributed by atoms with E-state index in [4.69, 9.17) is 4.42 Å². The molecular weight excluding hydrogens is 435 g/mol. The van der Waals surface area contributed by atoms with Gasteiger partial charge in [0.15, 0.2) is 5.58 Å². The van der Waals surface area contributed by atoms with Crippen molar-refractivity contribution < 1.29 is 22.7 Å². The molecule has 0 amide bonds. The van der Waals surface area contributed by atoms with Gasteiger partial charge < -0.3 is 20.2 Å². The Morgan fingerprint density at radius 2 is 2.03 bits per heavy atom. The second-order valence-electron chi connectivity index (χ2n) is 8.53. The zero-order chi connectivity index (χ0) is 23.6. The maximum atomic E-state index is 12.6. The Hall–Kier alpha value is -2.88. The molecule has 33 heavy (non-hydrogen) atoms. The average Bonchev–Trinajstić information content (AvgIpc) is 3.38. The summed E-state index contributed by atoms with van der Waals surface area (Å²) in [4.78, 5) is 13.3. The number of aliphatic hydroxyl groups excluding tert-OH is 1. The third kappa shape index (κ3) is 5.55. The first kappa shape index (κ1) is 23.3. The minimum absolute atomic E-state index is 0.0935. The van der Waals surface area contributed by atoms with Crippen molar-refractivity contribution in [1.29, 1.82) is 0 Å². The highest BCUT2D eigenvalue weighted by Gasteiger charge is 2.28.